The molecule has 3 nitrogen and oxygen atoms in total. The number of hydrogen-bond acceptors (Lipinski definition) is 2. The molecule has 0 aliphatic rings. The number of ether oxygens (including phenoxy) is 1. The van der Waals surface area contributed by atoms with E-state index in [9.17, 15) is 4.79 Å². The molecule has 0 aliphatic carbocycles. The minimum Gasteiger partial charge on any atom is -0.457 e. The molecule has 0 unspecified atom stereocenters. The normalized spacial score (nSPS) is 10.6. The molecule has 0 heterocycles. The highest BCUT2D eigenvalue weighted by atomic mass is 16.5. The number of aryl methyl sites for hydroxylation is 1. The molecule has 21 heavy (non-hydrogen) atoms. The summed E-state index contributed by atoms with van der Waals surface area (Å²) >= 11 is 0. The minimum absolute atomic E-state index is 0.0554. The Labute approximate surface area is 125 Å². The highest BCUT2D eigenvalue weighted by Crippen LogP contribution is 2.26. The molecule has 2 aromatic rings. The molecule has 0 aromatic heterocycles. The Balaban J connectivity index is 2.20. The summed E-state index contributed by atoms with van der Waals surface area (Å²) < 4.78 is 5.88. The SMILES string of the molecule is Cc1ccc(Oc2ccccc2/C=C/C(=O)N(C)C)cc1. The van der Waals surface area contributed by atoms with Gasteiger partial charge >= 0.3 is 0 Å². The van der Waals surface area contributed by atoms with Crippen molar-refractivity contribution in [2.45, 2.75) is 6.92 Å². The lowest BCUT2D eigenvalue weighted by atomic mass is 10.2. The first-order valence-electron chi connectivity index (χ1n) is 6.79. The summed E-state index contributed by atoms with van der Waals surface area (Å²) in [5.41, 5.74) is 2.06. The van der Waals surface area contributed by atoms with Crippen molar-refractivity contribution in [2.75, 3.05) is 14.1 Å². The van der Waals surface area contributed by atoms with Crippen molar-refractivity contribution in [3.63, 3.8) is 0 Å². The molecule has 1 amide bonds. The van der Waals surface area contributed by atoms with Crippen LogP contribution in [0.5, 0.6) is 11.5 Å². The second-order valence-electron chi connectivity index (χ2n) is 5.02. The van der Waals surface area contributed by atoms with Crippen molar-refractivity contribution in [2.24, 2.45) is 0 Å². The lowest BCUT2D eigenvalue weighted by Gasteiger charge is -2.09. The second kappa shape index (κ2) is 6.75. The van der Waals surface area contributed by atoms with Crippen LogP contribution in [0.3, 0.4) is 0 Å². The summed E-state index contributed by atoms with van der Waals surface area (Å²) in [5, 5.41) is 0. The van der Waals surface area contributed by atoms with E-state index in [0.29, 0.717) is 0 Å². The van der Waals surface area contributed by atoms with Crippen LogP contribution in [-0.4, -0.2) is 24.9 Å². The van der Waals surface area contributed by atoms with E-state index in [-0.39, 0.29) is 5.91 Å². The summed E-state index contributed by atoms with van der Waals surface area (Å²) in [4.78, 5) is 13.1. The zero-order chi connectivity index (χ0) is 15.2. The van der Waals surface area contributed by atoms with Gasteiger partial charge in [0, 0.05) is 25.7 Å². The molecule has 0 saturated carbocycles. The molecule has 0 saturated heterocycles. The summed E-state index contributed by atoms with van der Waals surface area (Å²) in [6.07, 6.45) is 3.31. The molecule has 0 atom stereocenters. The maximum atomic E-state index is 11.6. The van der Waals surface area contributed by atoms with Gasteiger partial charge in [-0.15, -0.1) is 0 Å². The molecule has 0 bridgehead atoms. The van der Waals surface area contributed by atoms with E-state index in [2.05, 4.69) is 0 Å². The average molecular weight is 281 g/mol. The van der Waals surface area contributed by atoms with Gasteiger partial charge in [-0.1, -0.05) is 35.9 Å². The predicted molar refractivity (Wildman–Crippen MR) is 85.4 cm³/mol. The first kappa shape index (κ1) is 14.9. The van der Waals surface area contributed by atoms with E-state index in [0.717, 1.165) is 17.1 Å². The number of para-hydroxylation sites is 1. The maximum absolute atomic E-state index is 11.6. The molecular formula is C18H19NO2. The monoisotopic (exact) mass is 281 g/mol. The number of likely N-dealkylation sites (N-methyl/N-ethyl adjacent to an activating group) is 1. The van der Waals surface area contributed by atoms with Crippen molar-refractivity contribution >= 4 is 12.0 Å². The molecule has 108 valence electrons. The quantitative estimate of drug-likeness (QED) is 0.796. The molecular weight excluding hydrogens is 262 g/mol. The third-order valence-corrected chi connectivity index (χ3v) is 3.01. The number of hydrogen-bond donors (Lipinski definition) is 0. The van der Waals surface area contributed by atoms with Crippen LogP contribution in [-0.2, 0) is 4.79 Å². The lowest BCUT2D eigenvalue weighted by Crippen LogP contribution is -2.18. The highest BCUT2D eigenvalue weighted by Gasteiger charge is 2.03. The third kappa shape index (κ3) is 4.21. The number of amides is 1. The number of benzene rings is 2. The van der Waals surface area contributed by atoms with Crippen molar-refractivity contribution in [1.29, 1.82) is 0 Å². The van der Waals surface area contributed by atoms with E-state index >= 15 is 0 Å². The summed E-state index contributed by atoms with van der Waals surface area (Å²) in [5.74, 6) is 1.45. The zero-order valence-electron chi connectivity index (χ0n) is 12.5. The fraction of sp³-hybridized carbons (Fsp3) is 0.167. The fourth-order valence-electron chi connectivity index (χ4n) is 1.75. The number of carbonyl (C=O) groups is 1. The van der Waals surface area contributed by atoms with E-state index in [1.54, 1.807) is 20.2 Å². The first-order valence-corrected chi connectivity index (χ1v) is 6.79. The Kier molecular flexibility index (Phi) is 4.77. The van der Waals surface area contributed by atoms with Gasteiger partial charge in [0.05, 0.1) is 0 Å². The van der Waals surface area contributed by atoms with Gasteiger partial charge in [0.15, 0.2) is 0 Å². The van der Waals surface area contributed by atoms with Crippen LogP contribution in [0.15, 0.2) is 54.6 Å². The topological polar surface area (TPSA) is 29.5 Å². The van der Waals surface area contributed by atoms with Gasteiger partial charge in [-0.2, -0.15) is 0 Å². The Hall–Kier alpha value is -2.55. The Morgan fingerprint density at radius 1 is 1.05 bits per heavy atom. The standard InChI is InChI=1S/C18H19NO2/c1-14-8-11-16(12-9-14)21-17-7-5-4-6-15(17)10-13-18(20)19(2)3/h4-13H,1-3H3/b13-10+. The largest absolute Gasteiger partial charge is 0.457 e. The van der Waals surface area contributed by atoms with Crippen molar-refractivity contribution in [3.8, 4) is 11.5 Å². The smallest absolute Gasteiger partial charge is 0.246 e. The minimum atomic E-state index is -0.0554. The van der Waals surface area contributed by atoms with E-state index in [1.807, 2.05) is 55.5 Å². The van der Waals surface area contributed by atoms with Gasteiger partial charge in [0.1, 0.15) is 11.5 Å². The van der Waals surface area contributed by atoms with Gasteiger partial charge in [-0.3, -0.25) is 4.79 Å². The molecule has 0 spiro atoms. The fourth-order valence-corrected chi connectivity index (χ4v) is 1.75. The van der Waals surface area contributed by atoms with E-state index in [4.69, 9.17) is 4.74 Å². The molecule has 2 aromatic carbocycles. The van der Waals surface area contributed by atoms with Crippen LogP contribution in [0.1, 0.15) is 11.1 Å². The molecule has 3 heteroatoms. The van der Waals surface area contributed by atoms with Gasteiger partial charge in [-0.05, 0) is 31.2 Å². The number of carbonyl (C=O) groups excluding carboxylic acids is 1. The molecule has 0 fully saturated rings. The molecule has 0 N–H and O–H groups in total. The van der Waals surface area contributed by atoms with Gasteiger partial charge in [0.2, 0.25) is 5.91 Å². The summed E-state index contributed by atoms with van der Waals surface area (Å²) in [6.45, 7) is 2.04. The number of nitrogens with zero attached hydrogens (tertiary/aromatic N) is 1. The van der Waals surface area contributed by atoms with E-state index < -0.39 is 0 Å². The van der Waals surface area contributed by atoms with E-state index in [1.165, 1.54) is 16.5 Å². The van der Waals surface area contributed by atoms with Crippen LogP contribution in [0.2, 0.25) is 0 Å². The maximum Gasteiger partial charge on any atom is 0.246 e. The Morgan fingerprint density at radius 3 is 2.38 bits per heavy atom. The Bertz CT molecular complexity index is 643. The van der Waals surface area contributed by atoms with Crippen LogP contribution in [0, 0.1) is 6.92 Å². The van der Waals surface area contributed by atoms with Gasteiger partial charge in [0.25, 0.3) is 0 Å². The Morgan fingerprint density at radius 2 is 1.71 bits per heavy atom. The number of rotatable bonds is 4. The van der Waals surface area contributed by atoms with Crippen LogP contribution in [0.4, 0.5) is 0 Å². The third-order valence-electron chi connectivity index (χ3n) is 3.01. The van der Waals surface area contributed by atoms with Crippen molar-refractivity contribution in [3.05, 3.63) is 65.7 Å². The zero-order valence-corrected chi connectivity index (χ0v) is 12.5. The van der Waals surface area contributed by atoms with Gasteiger partial charge in [-0.25, -0.2) is 0 Å². The highest BCUT2D eigenvalue weighted by molar-refractivity contribution is 5.91. The molecule has 2 rings (SSSR count). The predicted octanol–water partition coefficient (Wildman–Crippen LogP) is 3.89. The van der Waals surface area contributed by atoms with Gasteiger partial charge < -0.3 is 9.64 Å². The molecule has 0 radical (unpaired) electrons. The summed E-state index contributed by atoms with van der Waals surface area (Å²) in [6, 6.07) is 15.5. The van der Waals surface area contributed by atoms with Crippen LogP contribution >= 0.6 is 0 Å². The van der Waals surface area contributed by atoms with Crippen molar-refractivity contribution in [1.82, 2.24) is 4.90 Å². The van der Waals surface area contributed by atoms with Crippen molar-refractivity contribution < 1.29 is 9.53 Å². The molecule has 0 aliphatic heterocycles. The van der Waals surface area contributed by atoms with Crippen LogP contribution < -0.4 is 4.74 Å². The summed E-state index contributed by atoms with van der Waals surface area (Å²) in [7, 11) is 3.45. The lowest BCUT2D eigenvalue weighted by molar-refractivity contribution is -0.123. The van der Waals surface area contributed by atoms with Crippen LogP contribution in [0.25, 0.3) is 6.08 Å². The average Bonchev–Trinajstić information content (AvgIpc) is 2.48. The first-order chi connectivity index (χ1) is 10.1. The second-order valence-corrected chi connectivity index (χ2v) is 5.02.